The Hall–Kier alpha value is -1.96. The van der Waals surface area contributed by atoms with Crippen molar-refractivity contribution in [1.82, 2.24) is 0 Å². The molecule has 21 heavy (non-hydrogen) atoms. The molecule has 0 bridgehead atoms. The Morgan fingerprint density at radius 1 is 0.952 bits per heavy atom. The highest BCUT2D eigenvalue weighted by Crippen LogP contribution is 2.48. The Morgan fingerprint density at radius 3 is 2.62 bits per heavy atom. The molecule has 0 aromatic heterocycles. The molecule has 0 saturated heterocycles. The number of rotatable bonds is 1. The first-order valence-corrected chi connectivity index (χ1v) is 8.00. The normalized spacial score (nSPS) is 17.4. The fourth-order valence-corrected chi connectivity index (χ4v) is 3.75. The van der Waals surface area contributed by atoms with Crippen molar-refractivity contribution in [3.8, 4) is 11.5 Å². The summed E-state index contributed by atoms with van der Waals surface area (Å²) in [6.07, 6.45) is 6.70. The summed E-state index contributed by atoms with van der Waals surface area (Å²) in [5.74, 6) is 2.57. The van der Waals surface area contributed by atoms with Gasteiger partial charge in [0.2, 0.25) is 0 Å². The van der Waals surface area contributed by atoms with Crippen LogP contribution in [0.25, 0.3) is 0 Å². The number of hydrogen-bond acceptors (Lipinski definition) is 2. The van der Waals surface area contributed by atoms with Gasteiger partial charge in [0.15, 0.2) is 11.5 Å². The minimum Gasteiger partial charge on any atom is -0.453 e. The van der Waals surface area contributed by atoms with Crippen molar-refractivity contribution < 1.29 is 4.74 Å². The molecule has 0 spiro atoms. The quantitative estimate of drug-likeness (QED) is 0.599. The molecular formula is C19H21NO. The van der Waals surface area contributed by atoms with E-state index in [1.165, 1.54) is 48.9 Å². The Bertz CT molecular complexity index is 671. The van der Waals surface area contributed by atoms with E-state index >= 15 is 0 Å². The fraction of sp³-hybridized carbons (Fsp3) is 0.368. The van der Waals surface area contributed by atoms with E-state index in [4.69, 9.17) is 4.74 Å². The summed E-state index contributed by atoms with van der Waals surface area (Å²) >= 11 is 0. The molecule has 2 aromatic rings. The van der Waals surface area contributed by atoms with Gasteiger partial charge >= 0.3 is 0 Å². The number of hydrogen-bond donors (Lipinski definition) is 1. The molecule has 0 amide bonds. The summed E-state index contributed by atoms with van der Waals surface area (Å²) in [5, 5.41) is 3.62. The number of ether oxygens (including phenoxy) is 1. The molecular weight excluding hydrogens is 258 g/mol. The van der Waals surface area contributed by atoms with Gasteiger partial charge in [0.25, 0.3) is 0 Å². The second-order valence-electron chi connectivity index (χ2n) is 6.23. The number of aryl methyl sites for hydroxylation is 1. The van der Waals surface area contributed by atoms with E-state index in [1.54, 1.807) is 0 Å². The second kappa shape index (κ2) is 5.10. The number of anilines is 2. The van der Waals surface area contributed by atoms with Gasteiger partial charge in [-0.15, -0.1) is 0 Å². The first kappa shape index (κ1) is 12.8. The van der Waals surface area contributed by atoms with Gasteiger partial charge in [-0.05, 0) is 55.0 Å². The van der Waals surface area contributed by atoms with Crippen LogP contribution in [0.5, 0.6) is 11.5 Å². The predicted octanol–water partition coefficient (Wildman–Crippen LogP) is 5.89. The molecule has 108 valence electrons. The molecule has 4 rings (SSSR count). The SMILES string of the molecule is Cc1ccc2c(c1C1CCCCC1)Nc1ccccc1O2. The summed E-state index contributed by atoms with van der Waals surface area (Å²) in [6, 6.07) is 12.5. The summed E-state index contributed by atoms with van der Waals surface area (Å²) in [4.78, 5) is 0. The van der Waals surface area contributed by atoms with Gasteiger partial charge in [-0.2, -0.15) is 0 Å². The molecule has 1 heterocycles. The Kier molecular flexibility index (Phi) is 3.10. The maximum absolute atomic E-state index is 6.10. The molecule has 2 aromatic carbocycles. The maximum Gasteiger partial charge on any atom is 0.151 e. The van der Waals surface area contributed by atoms with Crippen LogP contribution in [-0.2, 0) is 0 Å². The molecule has 2 aliphatic rings. The van der Waals surface area contributed by atoms with Crippen molar-refractivity contribution in [3.05, 3.63) is 47.5 Å². The molecule has 0 atom stereocenters. The zero-order valence-electron chi connectivity index (χ0n) is 12.5. The van der Waals surface area contributed by atoms with Crippen LogP contribution in [0.2, 0.25) is 0 Å². The van der Waals surface area contributed by atoms with Crippen molar-refractivity contribution in [2.75, 3.05) is 5.32 Å². The molecule has 2 nitrogen and oxygen atoms in total. The fourth-order valence-electron chi connectivity index (χ4n) is 3.75. The van der Waals surface area contributed by atoms with Crippen molar-refractivity contribution in [1.29, 1.82) is 0 Å². The third kappa shape index (κ3) is 2.19. The minimum atomic E-state index is 0.676. The maximum atomic E-state index is 6.10. The van der Waals surface area contributed by atoms with E-state index in [1.807, 2.05) is 12.1 Å². The van der Waals surface area contributed by atoms with Gasteiger partial charge < -0.3 is 10.1 Å². The molecule has 1 aliphatic carbocycles. The molecule has 0 unspecified atom stereocenters. The van der Waals surface area contributed by atoms with Crippen LogP contribution in [0, 0.1) is 6.92 Å². The predicted molar refractivity (Wildman–Crippen MR) is 86.8 cm³/mol. The van der Waals surface area contributed by atoms with Gasteiger partial charge in [0.05, 0.1) is 11.4 Å². The van der Waals surface area contributed by atoms with E-state index in [0.29, 0.717) is 5.92 Å². The van der Waals surface area contributed by atoms with Crippen LogP contribution >= 0.6 is 0 Å². The average Bonchev–Trinajstić information content (AvgIpc) is 2.54. The van der Waals surface area contributed by atoms with Crippen LogP contribution in [0.4, 0.5) is 11.4 Å². The number of para-hydroxylation sites is 2. The molecule has 2 heteroatoms. The zero-order chi connectivity index (χ0) is 14.2. The van der Waals surface area contributed by atoms with Crippen LogP contribution in [0.1, 0.15) is 49.1 Å². The summed E-state index contributed by atoms with van der Waals surface area (Å²) in [7, 11) is 0. The number of fused-ring (bicyclic) bond motifs is 2. The average molecular weight is 279 g/mol. The van der Waals surface area contributed by atoms with E-state index in [-0.39, 0.29) is 0 Å². The first-order chi connectivity index (χ1) is 10.3. The van der Waals surface area contributed by atoms with Gasteiger partial charge in [-0.1, -0.05) is 37.5 Å². The highest BCUT2D eigenvalue weighted by atomic mass is 16.5. The standard InChI is InChI=1S/C19H21NO/c1-13-11-12-17-19(18(13)14-7-3-2-4-8-14)20-15-9-5-6-10-16(15)21-17/h5-6,9-12,14,20H,2-4,7-8H2,1H3. The lowest BCUT2D eigenvalue weighted by molar-refractivity contribution is 0.438. The molecule has 1 fully saturated rings. The Balaban J connectivity index is 1.79. The Morgan fingerprint density at radius 2 is 1.76 bits per heavy atom. The summed E-state index contributed by atoms with van der Waals surface area (Å²) < 4.78 is 6.10. The van der Waals surface area contributed by atoms with Crippen LogP contribution in [0.3, 0.4) is 0 Å². The number of benzene rings is 2. The van der Waals surface area contributed by atoms with Gasteiger partial charge in [-0.25, -0.2) is 0 Å². The number of nitrogens with one attached hydrogen (secondary N) is 1. The molecule has 1 N–H and O–H groups in total. The lowest BCUT2D eigenvalue weighted by Gasteiger charge is -2.30. The van der Waals surface area contributed by atoms with Gasteiger partial charge in [0, 0.05) is 0 Å². The summed E-state index contributed by atoms with van der Waals surface area (Å²) in [6.45, 7) is 2.23. The van der Waals surface area contributed by atoms with Crippen molar-refractivity contribution in [2.45, 2.75) is 44.9 Å². The lowest BCUT2D eigenvalue weighted by atomic mass is 9.81. The molecule has 1 saturated carbocycles. The minimum absolute atomic E-state index is 0.676. The van der Waals surface area contributed by atoms with Crippen molar-refractivity contribution >= 4 is 11.4 Å². The van der Waals surface area contributed by atoms with E-state index in [2.05, 4.69) is 36.5 Å². The highest BCUT2D eigenvalue weighted by molar-refractivity contribution is 5.79. The smallest absolute Gasteiger partial charge is 0.151 e. The second-order valence-corrected chi connectivity index (χ2v) is 6.23. The van der Waals surface area contributed by atoms with Gasteiger partial charge in [0.1, 0.15) is 0 Å². The van der Waals surface area contributed by atoms with Crippen LogP contribution in [-0.4, -0.2) is 0 Å². The summed E-state index contributed by atoms with van der Waals surface area (Å²) in [5.41, 5.74) is 5.13. The van der Waals surface area contributed by atoms with Crippen LogP contribution < -0.4 is 10.1 Å². The molecule has 0 radical (unpaired) electrons. The van der Waals surface area contributed by atoms with Crippen LogP contribution in [0.15, 0.2) is 36.4 Å². The van der Waals surface area contributed by atoms with E-state index in [9.17, 15) is 0 Å². The third-order valence-electron chi connectivity index (χ3n) is 4.81. The lowest BCUT2D eigenvalue weighted by Crippen LogP contribution is -2.12. The van der Waals surface area contributed by atoms with Crippen molar-refractivity contribution in [3.63, 3.8) is 0 Å². The van der Waals surface area contributed by atoms with E-state index < -0.39 is 0 Å². The Labute approximate surface area is 126 Å². The van der Waals surface area contributed by atoms with E-state index in [0.717, 1.165) is 17.2 Å². The molecule has 1 aliphatic heterocycles. The topological polar surface area (TPSA) is 21.3 Å². The highest BCUT2D eigenvalue weighted by Gasteiger charge is 2.26. The van der Waals surface area contributed by atoms with Gasteiger partial charge in [-0.3, -0.25) is 0 Å². The zero-order valence-corrected chi connectivity index (χ0v) is 12.5. The third-order valence-corrected chi connectivity index (χ3v) is 4.81. The van der Waals surface area contributed by atoms with Crippen molar-refractivity contribution in [2.24, 2.45) is 0 Å². The largest absolute Gasteiger partial charge is 0.453 e. The monoisotopic (exact) mass is 279 g/mol. The first-order valence-electron chi connectivity index (χ1n) is 8.00.